The van der Waals surface area contributed by atoms with Gasteiger partial charge >= 0.3 is 5.97 Å². The van der Waals surface area contributed by atoms with E-state index >= 15 is 0 Å². The van der Waals surface area contributed by atoms with Crippen molar-refractivity contribution in [3.05, 3.63) is 11.6 Å². The lowest BCUT2D eigenvalue weighted by molar-refractivity contribution is -0.195. The highest BCUT2D eigenvalue weighted by Crippen LogP contribution is 2.65. The molecule has 4 saturated carbocycles. The Balaban J connectivity index is 1.08. The number of hydrogen-bond donors (Lipinski definition) is 0. The van der Waals surface area contributed by atoms with E-state index in [9.17, 15) is 4.79 Å². The molecule has 0 aromatic carbocycles. The van der Waals surface area contributed by atoms with E-state index < -0.39 is 0 Å². The number of esters is 1. The van der Waals surface area contributed by atoms with Gasteiger partial charge in [0.1, 0.15) is 6.10 Å². The first kappa shape index (κ1) is 25.4. The Morgan fingerprint density at radius 1 is 0.972 bits per heavy atom. The van der Waals surface area contributed by atoms with E-state index in [1.54, 1.807) is 5.57 Å². The van der Waals surface area contributed by atoms with Crippen molar-refractivity contribution in [3.63, 3.8) is 0 Å². The van der Waals surface area contributed by atoms with E-state index in [0.29, 0.717) is 23.9 Å². The highest BCUT2D eigenvalue weighted by Gasteiger charge is 2.59. The molecule has 0 aromatic heterocycles. The van der Waals surface area contributed by atoms with E-state index in [1.165, 1.54) is 77.0 Å². The quantitative estimate of drug-likeness (QED) is 0.277. The highest BCUT2D eigenvalue weighted by molar-refractivity contribution is 5.69. The minimum absolute atomic E-state index is 0.0248. The van der Waals surface area contributed by atoms with Gasteiger partial charge in [-0.3, -0.25) is 4.79 Å². The summed E-state index contributed by atoms with van der Waals surface area (Å²) in [7, 11) is 0. The van der Waals surface area contributed by atoms with Crippen LogP contribution in [0.4, 0.5) is 0 Å². The van der Waals surface area contributed by atoms with E-state index in [1.807, 2.05) is 0 Å². The van der Waals surface area contributed by atoms with E-state index in [0.717, 1.165) is 50.0 Å². The van der Waals surface area contributed by atoms with E-state index in [4.69, 9.17) is 14.2 Å². The van der Waals surface area contributed by atoms with Gasteiger partial charge in [0.15, 0.2) is 6.29 Å². The van der Waals surface area contributed by atoms with Crippen LogP contribution in [0.1, 0.15) is 123 Å². The molecule has 8 atom stereocenters. The molecule has 5 fully saturated rings. The molecule has 202 valence electrons. The number of carbonyl (C=O) groups is 1. The second-order valence-electron chi connectivity index (χ2n) is 13.8. The van der Waals surface area contributed by atoms with Crippen LogP contribution in [0.5, 0.6) is 0 Å². The van der Waals surface area contributed by atoms with Crippen molar-refractivity contribution in [3.8, 4) is 0 Å². The Labute approximate surface area is 219 Å². The van der Waals surface area contributed by atoms with Gasteiger partial charge in [-0.1, -0.05) is 51.2 Å². The van der Waals surface area contributed by atoms with Crippen LogP contribution in [0, 0.1) is 34.5 Å². The molecule has 4 nitrogen and oxygen atoms in total. The Morgan fingerprint density at radius 3 is 2.61 bits per heavy atom. The van der Waals surface area contributed by atoms with Crippen LogP contribution in [0.25, 0.3) is 0 Å². The maximum absolute atomic E-state index is 12.8. The molecule has 1 unspecified atom stereocenters. The maximum Gasteiger partial charge on any atom is 0.306 e. The van der Waals surface area contributed by atoms with E-state index in [-0.39, 0.29) is 23.8 Å². The molecule has 5 aliphatic carbocycles. The first-order valence-corrected chi connectivity index (χ1v) is 15.6. The summed E-state index contributed by atoms with van der Waals surface area (Å²) >= 11 is 0. The van der Waals surface area contributed by atoms with Crippen molar-refractivity contribution in [2.75, 3.05) is 6.61 Å². The molecule has 0 N–H and O–H groups in total. The lowest BCUT2D eigenvalue weighted by Crippen LogP contribution is -2.51. The van der Waals surface area contributed by atoms with Crippen molar-refractivity contribution in [1.29, 1.82) is 0 Å². The van der Waals surface area contributed by atoms with Gasteiger partial charge in [0.2, 0.25) is 0 Å². The number of ether oxygens (including phenoxy) is 3. The Morgan fingerprint density at radius 2 is 1.81 bits per heavy atom. The maximum atomic E-state index is 12.8. The summed E-state index contributed by atoms with van der Waals surface area (Å²) in [4.78, 5) is 12.8. The summed E-state index contributed by atoms with van der Waals surface area (Å²) in [5.41, 5.74) is 2.17. The summed E-state index contributed by atoms with van der Waals surface area (Å²) in [6.07, 6.45) is 23.1. The average molecular weight is 499 g/mol. The predicted octanol–water partition coefficient (Wildman–Crippen LogP) is 7.74. The Kier molecular flexibility index (Phi) is 7.31. The van der Waals surface area contributed by atoms with Gasteiger partial charge in [0, 0.05) is 18.4 Å². The largest absolute Gasteiger partial charge is 0.462 e. The zero-order valence-electron chi connectivity index (χ0n) is 23.0. The predicted molar refractivity (Wildman–Crippen MR) is 141 cm³/mol. The van der Waals surface area contributed by atoms with Gasteiger partial charge in [-0.2, -0.15) is 0 Å². The normalized spacial score (nSPS) is 44.9. The molecule has 1 aliphatic heterocycles. The fourth-order valence-electron chi connectivity index (χ4n) is 9.76. The molecule has 0 radical (unpaired) electrons. The standard InChI is InChI=1S/C32H50O4/c1-31-18-16-24(35-30-9-5-6-20-34-30)21-23(31)11-12-25-26-13-14-28(32(26,2)19-17-27(25)31)36-29(33)15-10-22-7-3-4-8-22/h11,22,24-28,30H,3-10,12-21H2,1-2H3/t24-,25-,26-,27-,28-,30?,31-,32-/m0/s1. The summed E-state index contributed by atoms with van der Waals surface area (Å²) in [5.74, 6) is 3.06. The van der Waals surface area contributed by atoms with Gasteiger partial charge in [0.05, 0.1) is 6.10 Å². The number of fused-ring (bicyclic) bond motifs is 5. The Hall–Kier alpha value is -0.870. The third kappa shape index (κ3) is 4.72. The Bertz CT molecular complexity index is 824. The zero-order chi connectivity index (χ0) is 24.8. The van der Waals surface area contributed by atoms with Crippen molar-refractivity contribution in [2.45, 2.75) is 141 Å². The van der Waals surface area contributed by atoms with Gasteiger partial charge < -0.3 is 14.2 Å². The number of allylic oxidation sites excluding steroid dienone is 1. The lowest BCUT2D eigenvalue weighted by Gasteiger charge is -2.58. The van der Waals surface area contributed by atoms with Crippen LogP contribution in [-0.2, 0) is 19.0 Å². The van der Waals surface area contributed by atoms with E-state index in [2.05, 4.69) is 19.9 Å². The fourth-order valence-corrected chi connectivity index (χ4v) is 9.76. The lowest BCUT2D eigenvalue weighted by atomic mass is 9.48. The minimum Gasteiger partial charge on any atom is -0.462 e. The topological polar surface area (TPSA) is 44.8 Å². The SMILES string of the molecule is C[C@]12CC[C@H]3[C@@H](CC=C4C[C@@H](OC5CCCCO5)CC[C@@]43C)[C@@H]1CC[C@@H]2OC(=O)CCC1CCCC1. The van der Waals surface area contributed by atoms with Crippen molar-refractivity contribution < 1.29 is 19.0 Å². The molecular weight excluding hydrogens is 448 g/mol. The molecule has 6 rings (SSSR count). The van der Waals surface area contributed by atoms with Crippen LogP contribution in [0.15, 0.2) is 11.6 Å². The summed E-state index contributed by atoms with van der Waals surface area (Å²) in [6, 6.07) is 0. The van der Waals surface area contributed by atoms with Gasteiger partial charge in [0.25, 0.3) is 0 Å². The van der Waals surface area contributed by atoms with Crippen molar-refractivity contribution in [1.82, 2.24) is 0 Å². The van der Waals surface area contributed by atoms with Crippen LogP contribution < -0.4 is 0 Å². The number of hydrogen-bond acceptors (Lipinski definition) is 4. The van der Waals surface area contributed by atoms with Crippen LogP contribution >= 0.6 is 0 Å². The average Bonchev–Trinajstić information content (AvgIpc) is 3.52. The third-order valence-electron chi connectivity index (χ3n) is 12.0. The van der Waals surface area contributed by atoms with Crippen LogP contribution in [-0.4, -0.2) is 31.1 Å². The van der Waals surface area contributed by atoms with Crippen molar-refractivity contribution >= 4 is 5.97 Å². The molecule has 0 aromatic rings. The molecule has 0 spiro atoms. The number of rotatable bonds is 6. The second-order valence-corrected chi connectivity index (χ2v) is 13.8. The molecule has 36 heavy (non-hydrogen) atoms. The van der Waals surface area contributed by atoms with Crippen LogP contribution in [0.3, 0.4) is 0 Å². The summed E-state index contributed by atoms with van der Waals surface area (Å²) in [6.45, 7) is 5.89. The number of carbonyl (C=O) groups excluding carboxylic acids is 1. The molecule has 4 heteroatoms. The smallest absolute Gasteiger partial charge is 0.306 e. The molecule has 1 saturated heterocycles. The third-order valence-corrected chi connectivity index (χ3v) is 12.0. The highest BCUT2D eigenvalue weighted by atomic mass is 16.7. The van der Waals surface area contributed by atoms with Gasteiger partial charge in [-0.25, -0.2) is 0 Å². The van der Waals surface area contributed by atoms with Crippen molar-refractivity contribution in [2.24, 2.45) is 34.5 Å². The molecular formula is C32H50O4. The first-order valence-electron chi connectivity index (χ1n) is 15.6. The monoisotopic (exact) mass is 498 g/mol. The zero-order valence-corrected chi connectivity index (χ0v) is 23.0. The molecule has 1 heterocycles. The fraction of sp³-hybridized carbons (Fsp3) is 0.906. The molecule has 6 aliphatic rings. The van der Waals surface area contributed by atoms with Gasteiger partial charge in [-0.05, 0) is 106 Å². The second kappa shape index (κ2) is 10.4. The minimum atomic E-state index is 0.0248. The summed E-state index contributed by atoms with van der Waals surface area (Å²) < 4.78 is 18.6. The summed E-state index contributed by atoms with van der Waals surface area (Å²) in [5, 5.41) is 0. The first-order chi connectivity index (χ1) is 17.5. The van der Waals surface area contributed by atoms with Crippen LogP contribution in [0.2, 0.25) is 0 Å². The molecule has 0 bridgehead atoms. The van der Waals surface area contributed by atoms with Gasteiger partial charge in [-0.15, -0.1) is 0 Å². The molecule has 0 amide bonds.